The second kappa shape index (κ2) is 5.05. The molecule has 5 nitrogen and oxygen atoms in total. The molecule has 0 radical (unpaired) electrons. The van der Waals surface area contributed by atoms with E-state index in [-0.39, 0.29) is 5.92 Å². The first-order valence-electron chi connectivity index (χ1n) is 7.67. The van der Waals surface area contributed by atoms with E-state index in [9.17, 15) is 0 Å². The molecule has 5 rings (SSSR count). The van der Waals surface area contributed by atoms with Gasteiger partial charge in [-0.3, -0.25) is 4.90 Å². The van der Waals surface area contributed by atoms with Crippen molar-refractivity contribution in [2.24, 2.45) is 5.92 Å². The van der Waals surface area contributed by atoms with E-state index < -0.39 is 5.67 Å². The van der Waals surface area contributed by atoms with E-state index in [0.29, 0.717) is 12.2 Å². The Morgan fingerprint density at radius 2 is 1.95 bits per heavy atom. The number of halogens is 1. The Kier molecular flexibility index (Phi) is 3.14. The summed E-state index contributed by atoms with van der Waals surface area (Å²) in [6, 6.07) is 7.49. The largest absolute Gasteiger partial charge is 0.497 e. The highest BCUT2D eigenvalue weighted by molar-refractivity contribution is 5.37. The fraction of sp³-hybridized carbons (Fsp3) is 0.500. The number of hydrogen-bond acceptors (Lipinski definition) is 4. The smallest absolute Gasteiger partial charge is 0.171 e. The quantitative estimate of drug-likeness (QED) is 0.871. The van der Waals surface area contributed by atoms with Crippen molar-refractivity contribution in [1.82, 2.24) is 19.9 Å². The molecule has 1 unspecified atom stereocenters. The molecule has 0 N–H and O–H groups in total. The topological polar surface area (TPSA) is 43.2 Å². The lowest BCUT2D eigenvalue weighted by Gasteiger charge is -2.47. The van der Waals surface area contributed by atoms with Gasteiger partial charge in [-0.05, 0) is 50.2 Å². The van der Waals surface area contributed by atoms with Crippen LogP contribution in [0.3, 0.4) is 0 Å². The Labute approximate surface area is 128 Å². The number of fused-ring (bicyclic) bond motifs is 3. The first kappa shape index (κ1) is 13.7. The maximum Gasteiger partial charge on any atom is 0.171 e. The lowest BCUT2D eigenvalue weighted by Crippen LogP contribution is -2.55. The molecule has 1 aromatic heterocycles. The molecular formula is C16H19FN4O. The van der Waals surface area contributed by atoms with Gasteiger partial charge >= 0.3 is 0 Å². The molecule has 2 aromatic rings. The zero-order valence-electron chi connectivity index (χ0n) is 12.6. The second-order valence-electron chi connectivity index (χ2n) is 6.16. The molecule has 0 spiro atoms. The minimum absolute atomic E-state index is 0.0681. The fourth-order valence-electron chi connectivity index (χ4n) is 3.61. The monoisotopic (exact) mass is 301 g/mol. The molecule has 3 fully saturated rings. The molecule has 3 aliphatic rings. The fourth-order valence-corrected chi connectivity index (χ4v) is 3.61. The normalized spacial score (nSPS) is 30.5. The standard InChI is InChI=1S/C16H19FN4O/c1-22-14-4-2-13(3-5-14)21-10-15(18-19-21)16(17)11-20-8-6-12(16)7-9-20/h2-5,10,12H,6-9,11H2,1H3/i17-1. The van der Waals surface area contributed by atoms with Crippen molar-refractivity contribution in [3.8, 4) is 11.4 Å². The van der Waals surface area contributed by atoms with Crippen molar-refractivity contribution in [3.63, 3.8) is 0 Å². The summed E-state index contributed by atoms with van der Waals surface area (Å²) in [5, 5.41) is 8.24. The van der Waals surface area contributed by atoms with Gasteiger partial charge in [-0.25, -0.2) is 9.07 Å². The van der Waals surface area contributed by atoms with Gasteiger partial charge in [-0.1, -0.05) is 5.21 Å². The zero-order valence-corrected chi connectivity index (χ0v) is 12.6. The molecule has 6 heteroatoms. The van der Waals surface area contributed by atoms with Gasteiger partial charge in [0.05, 0.1) is 19.0 Å². The van der Waals surface area contributed by atoms with Gasteiger partial charge in [-0.15, -0.1) is 5.10 Å². The predicted octanol–water partition coefficient (Wildman–Crippen LogP) is 2.17. The minimum Gasteiger partial charge on any atom is -0.497 e. The first-order valence-corrected chi connectivity index (χ1v) is 7.67. The Hall–Kier alpha value is -1.95. The van der Waals surface area contributed by atoms with Crippen molar-refractivity contribution in [1.29, 1.82) is 0 Å². The van der Waals surface area contributed by atoms with Crippen molar-refractivity contribution < 1.29 is 9.13 Å². The van der Waals surface area contributed by atoms with E-state index in [1.807, 2.05) is 24.3 Å². The minimum atomic E-state index is -1.36. The van der Waals surface area contributed by atoms with Crippen molar-refractivity contribution in [3.05, 3.63) is 36.2 Å². The van der Waals surface area contributed by atoms with Gasteiger partial charge < -0.3 is 4.74 Å². The van der Waals surface area contributed by atoms with Crippen LogP contribution in [0.15, 0.2) is 30.5 Å². The highest BCUT2D eigenvalue weighted by atomic mass is 18.2. The molecule has 0 saturated carbocycles. The van der Waals surface area contributed by atoms with Crippen molar-refractivity contribution >= 4 is 0 Å². The molecule has 3 saturated heterocycles. The molecule has 22 heavy (non-hydrogen) atoms. The summed E-state index contributed by atoms with van der Waals surface area (Å²) in [6.45, 7) is 2.45. The lowest BCUT2D eigenvalue weighted by molar-refractivity contribution is -0.0615. The summed E-state index contributed by atoms with van der Waals surface area (Å²) in [7, 11) is 1.63. The van der Waals surface area contributed by atoms with Gasteiger partial charge in [0.15, 0.2) is 5.67 Å². The molecule has 0 amide bonds. The van der Waals surface area contributed by atoms with Crippen LogP contribution in [-0.4, -0.2) is 46.6 Å². The van der Waals surface area contributed by atoms with Gasteiger partial charge in [0.25, 0.3) is 0 Å². The first-order chi connectivity index (χ1) is 10.7. The molecule has 116 valence electrons. The second-order valence-corrected chi connectivity index (χ2v) is 6.16. The SMILES string of the molecule is COc1ccc(-n2cc(C3([18F])CN4CCC3CC4)nn2)cc1. The third-order valence-corrected chi connectivity index (χ3v) is 4.94. The molecule has 4 heterocycles. The number of ether oxygens (including phenoxy) is 1. The Bertz CT molecular complexity index is 663. The highest BCUT2D eigenvalue weighted by Crippen LogP contribution is 2.44. The number of aromatic nitrogens is 3. The molecule has 2 bridgehead atoms. The van der Waals surface area contributed by atoms with Gasteiger partial charge in [0.1, 0.15) is 11.4 Å². The molecule has 1 aromatic carbocycles. The van der Waals surface area contributed by atoms with Crippen molar-refractivity contribution in [2.75, 3.05) is 26.7 Å². The zero-order chi connectivity index (χ0) is 15.2. The molecular weight excluding hydrogens is 282 g/mol. The number of rotatable bonds is 3. The van der Waals surface area contributed by atoms with E-state index >= 15 is 4.39 Å². The number of alkyl halides is 1. The Balaban J connectivity index is 1.63. The van der Waals surface area contributed by atoms with Crippen LogP contribution in [0.4, 0.5) is 4.39 Å². The summed E-state index contributed by atoms with van der Waals surface area (Å²) >= 11 is 0. The number of benzene rings is 1. The number of nitrogens with zero attached hydrogens (tertiary/aromatic N) is 4. The van der Waals surface area contributed by atoms with E-state index in [4.69, 9.17) is 4.74 Å². The number of methoxy groups -OCH3 is 1. The van der Waals surface area contributed by atoms with Gasteiger partial charge in [0.2, 0.25) is 0 Å². The van der Waals surface area contributed by atoms with Gasteiger partial charge in [-0.2, -0.15) is 0 Å². The Morgan fingerprint density at radius 1 is 1.23 bits per heavy atom. The average Bonchev–Trinajstić information content (AvgIpc) is 3.07. The van der Waals surface area contributed by atoms with Crippen LogP contribution < -0.4 is 4.74 Å². The van der Waals surface area contributed by atoms with Crippen molar-refractivity contribution in [2.45, 2.75) is 18.5 Å². The summed E-state index contributed by atoms with van der Waals surface area (Å²) in [6.07, 6.45) is 3.54. The maximum absolute atomic E-state index is 15.5. The molecule has 3 aliphatic heterocycles. The van der Waals surface area contributed by atoms with Crippen LogP contribution in [0.25, 0.3) is 5.69 Å². The van der Waals surface area contributed by atoms with Crippen LogP contribution in [0.1, 0.15) is 18.5 Å². The predicted molar refractivity (Wildman–Crippen MR) is 79.9 cm³/mol. The van der Waals surface area contributed by atoms with Crippen LogP contribution >= 0.6 is 0 Å². The summed E-state index contributed by atoms with van der Waals surface area (Å²) in [4.78, 5) is 2.19. The van der Waals surface area contributed by atoms with Crippen LogP contribution in [0.5, 0.6) is 5.75 Å². The van der Waals surface area contributed by atoms with Gasteiger partial charge in [0, 0.05) is 12.5 Å². The third-order valence-electron chi connectivity index (χ3n) is 4.94. The summed E-state index contributed by atoms with van der Waals surface area (Å²) in [5.41, 5.74) is -0.0524. The molecule has 1 atom stereocenters. The third kappa shape index (κ3) is 2.09. The van der Waals surface area contributed by atoms with Crippen LogP contribution in [-0.2, 0) is 5.67 Å². The number of piperidine rings is 3. The lowest BCUT2D eigenvalue weighted by atomic mass is 9.75. The molecule has 0 aliphatic carbocycles. The maximum atomic E-state index is 15.5. The van der Waals surface area contributed by atoms with E-state index in [1.165, 1.54) is 0 Å². The van der Waals surface area contributed by atoms with Crippen LogP contribution in [0.2, 0.25) is 0 Å². The Morgan fingerprint density at radius 3 is 2.55 bits per heavy atom. The van der Waals surface area contributed by atoms with E-state index in [1.54, 1.807) is 18.0 Å². The average molecular weight is 301 g/mol. The summed E-state index contributed by atoms with van der Waals surface area (Å²) < 4.78 is 22.2. The summed E-state index contributed by atoms with van der Waals surface area (Å²) in [5.74, 6) is 0.849. The van der Waals surface area contributed by atoms with E-state index in [2.05, 4.69) is 15.2 Å². The number of hydrogen-bond donors (Lipinski definition) is 0. The van der Waals surface area contributed by atoms with E-state index in [0.717, 1.165) is 37.4 Å². The van der Waals surface area contributed by atoms with Crippen LogP contribution in [0, 0.1) is 5.92 Å². The highest BCUT2D eigenvalue weighted by Gasteiger charge is 2.50.